The minimum atomic E-state index is -1.27. The van der Waals surface area contributed by atoms with E-state index in [1.54, 1.807) is 6.92 Å². The van der Waals surface area contributed by atoms with Crippen LogP contribution in [0.15, 0.2) is 24.3 Å². The van der Waals surface area contributed by atoms with E-state index in [2.05, 4.69) is 26.6 Å². The number of anilines is 1. The molecule has 0 aliphatic carbocycles. The lowest BCUT2D eigenvalue weighted by molar-refractivity contribution is -0.384. The molecule has 0 bridgehead atoms. The van der Waals surface area contributed by atoms with Crippen molar-refractivity contribution >= 4 is 46.9 Å². The number of hydrogen-bond donors (Lipinski definition) is 9. The zero-order valence-corrected chi connectivity index (χ0v) is 23.5. The van der Waals surface area contributed by atoms with Gasteiger partial charge in [0.1, 0.15) is 12.1 Å². The maximum absolute atomic E-state index is 12.9. The van der Waals surface area contributed by atoms with Gasteiger partial charge in [-0.05, 0) is 37.3 Å². The molecule has 0 spiro atoms. The van der Waals surface area contributed by atoms with Crippen molar-refractivity contribution in [2.45, 2.75) is 64.1 Å². The van der Waals surface area contributed by atoms with Crippen molar-refractivity contribution in [2.24, 2.45) is 17.4 Å². The van der Waals surface area contributed by atoms with E-state index in [-0.39, 0.29) is 42.6 Å². The van der Waals surface area contributed by atoms with Gasteiger partial charge in [-0.15, -0.1) is 0 Å². The maximum atomic E-state index is 12.9. The lowest BCUT2D eigenvalue weighted by Gasteiger charge is -2.23. The number of carbonyl (C=O) groups excluding carboxylic acids is 4. The minimum absolute atomic E-state index is 0.101. The van der Waals surface area contributed by atoms with E-state index in [1.807, 2.05) is 6.92 Å². The van der Waals surface area contributed by atoms with Crippen molar-refractivity contribution in [3.8, 4) is 0 Å². The summed E-state index contributed by atoms with van der Waals surface area (Å²) in [5.74, 6) is -4.51. The number of non-ortho nitro benzene ring substituents is 1. The molecule has 232 valence electrons. The van der Waals surface area contributed by atoms with Crippen molar-refractivity contribution in [3.63, 3.8) is 0 Å². The van der Waals surface area contributed by atoms with Crippen molar-refractivity contribution < 1.29 is 34.0 Å². The van der Waals surface area contributed by atoms with Crippen molar-refractivity contribution in [2.75, 3.05) is 18.4 Å². The zero-order chi connectivity index (χ0) is 31.8. The molecule has 0 heterocycles. The summed E-state index contributed by atoms with van der Waals surface area (Å²) in [6.45, 7) is 3.23. The first kappa shape index (κ1) is 35.2. The van der Waals surface area contributed by atoms with Crippen LogP contribution in [0.2, 0.25) is 0 Å². The lowest BCUT2D eigenvalue weighted by atomic mass is 9.98. The van der Waals surface area contributed by atoms with E-state index in [0.717, 1.165) is 0 Å². The number of benzene rings is 1. The molecule has 42 heavy (non-hydrogen) atoms. The highest BCUT2D eigenvalue weighted by molar-refractivity contribution is 5.98. The van der Waals surface area contributed by atoms with Gasteiger partial charge in [-0.3, -0.25) is 39.5 Å². The Morgan fingerprint density at radius 2 is 1.62 bits per heavy atom. The summed E-state index contributed by atoms with van der Waals surface area (Å²) in [6, 6.07) is 1.75. The van der Waals surface area contributed by atoms with E-state index >= 15 is 0 Å². The second-order valence-electron chi connectivity index (χ2n) is 9.52. The van der Waals surface area contributed by atoms with Gasteiger partial charge in [0.25, 0.3) is 5.69 Å². The number of amides is 4. The number of nitrogens with zero attached hydrogens (tertiary/aromatic N) is 1. The van der Waals surface area contributed by atoms with Crippen LogP contribution < -0.4 is 38.1 Å². The van der Waals surface area contributed by atoms with Gasteiger partial charge in [-0.1, -0.05) is 20.3 Å². The van der Waals surface area contributed by atoms with Gasteiger partial charge < -0.3 is 43.2 Å². The summed E-state index contributed by atoms with van der Waals surface area (Å²) < 4.78 is 0. The number of hydrogen-bond acceptors (Lipinski definition) is 9. The average molecular weight is 594 g/mol. The second kappa shape index (κ2) is 17.8. The van der Waals surface area contributed by atoms with Crippen molar-refractivity contribution in [3.05, 3.63) is 34.4 Å². The number of nitrogens with two attached hydrogens (primary N) is 2. The van der Waals surface area contributed by atoms with E-state index in [4.69, 9.17) is 22.0 Å². The third-order valence-electron chi connectivity index (χ3n) is 6.25. The number of aliphatic carboxylic acids is 1. The Hall–Kier alpha value is -4.80. The average Bonchev–Trinajstić information content (AvgIpc) is 2.94. The first-order valence-electron chi connectivity index (χ1n) is 13.2. The third-order valence-corrected chi connectivity index (χ3v) is 6.25. The molecule has 0 saturated carbocycles. The van der Waals surface area contributed by atoms with E-state index in [1.165, 1.54) is 24.3 Å². The molecular weight excluding hydrogens is 554 g/mol. The summed E-state index contributed by atoms with van der Waals surface area (Å²) in [4.78, 5) is 72.1. The Bertz CT molecular complexity index is 1130. The molecule has 17 heteroatoms. The standard InChI is InChI=1S/C25H39N9O8/c1-3-14(2)21(26)24(40)33-18(10-11-20(36)37)22(38)30-13-19(35)32-17(5-4-12-29-25(27)28)23(39)31-15-6-8-16(9-7-15)34(41)42/h6-9,14,17-18,21H,3-5,10-13,26H2,1-2H3,(H,30,38)(H,31,39)(H,32,35)(H,33,40)(H,36,37)(H4,27,28,29)/t14-,17-,18-,21-/m0/s1. The van der Waals surface area contributed by atoms with Gasteiger partial charge in [0.15, 0.2) is 5.96 Å². The summed E-state index contributed by atoms with van der Waals surface area (Å²) in [6.07, 6.45) is 0.339. The molecule has 4 amide bonds. The van der Waals surface area contributed by atoms with Crippen molar-refractivity contribution in [1.82, 2.24) is 21.3 Å². The van der Waals surface area contributed by atoms with Crippen LogP contribution in [0.5, 0.6) is 0 Å². The fourth-order valence-electron chi connectivity index (χ4n) is 3.55. The second-order valence-corrected chi connectivity index (χ2v) is 9.52. The first-order chi connectivity index (χ1) is 19.7. The first-order valence-corrected chi connectivity index (χ1v) is 13.2. The zero-order valence-electron chi connectivity index (χ0n) is 23.5. The Labute approximate surface area is 242 Å². The van der Waals surface area contributed by atoms with Crippen LogP contribution >= 0.6 is 0 Å². The number of rotatable bonds is 18. The number of nitro benzene ring substituents is 1. The molecule has 0 fully saturated rings. The number of nitro groups is 1. The number of nitrogens with one attached hydrogen (secondary N) is 6. The summed E-state index contributed by atoms with van der Waals surface area (Å²) in [5.41, 5.74) is 11.2. The van der Waals surface area contributed by atoms with Gasteiger partial charge in [0, 0.05) is 30.8 Å². The molecule has 4 atom stereocenters. The molecular formula is C25H39N9O8. The van der Waals surface area contributed by atoms with E-state index in [9.17, 15) is 34.1 Å². The highest BCUT2D eigenvalue weighted by atomic mass is 16.6. The molecule has 0 aliphatic heterocycles. The minimum Gasteiger partial charge on any atom is -0.481 e. The van der Waals surface area contributed by atoms with Crippen LogP contribution in [0, 0.1) is 21.4 Å². The topological polar surface area (TPSA) is 285 Å². The number of guanidine groups is 1. The quantitative estimate of drug-likeness (QED) is 0.0331. The smallest absolute Gasteiger partial charge is 0.303 e. The Kier molecular flexibility index (Phi) is 14.9. The van der Waals surface area contributed by atoms with Crippen LogP contribution in [0.3, 0.4) is 0 Å². The fraction of sp³-hybridized carbons (Fsp3) is 0.520. The largest absolute Gasteiger partial charge is 0.481 e. The highest BCUT2D eigenvalue weighted by Gasteiger charge is 2.27. The molecule has 0 saturated heterocycles. The molecule has 17 nitrogen and oxygen atoms in total. The number of carboxylic acids is 1. The molecule has 1 aromatic carbocycles. The Morgan fingerprint density at radius 3 is 2.17 bits per heavy atom. The third kappa shape index (κ3) is 13.0. The van der Waals surface area contributed by atoms with Gasteiger partial charge in [-0.25, -0.2) is 0 Å². The predicted molar refractivity (Wildman–Crippen MR) is 152 cm³/mol. The van der Waals surface area contributed by atoms with Gasteiger partial charge in [0.2, 0.25) is 23.6 Å². The van der Waals surface area contributed by atoms with Gasteiger partial charge >= 0.3 is 5.97 Å². The molecule has 0 aliphatic rings. The molecule has 11 N–H and O–H groups in total. The van der Waals surface area contributed by atoms with Gasteiger partial charge in [0.05, 0.1) is 17.5 Å². The Morgan fingerprint density at radius 1 is 1.00 bits per heavy atom. The SMILES string of the molecule is CC[C@H](C)[C@H](N)C(=O)N[C@@H](CCC(=O)O)C(=O)NCC(=O)N[C@@H](CCCNC(=N)N)C(=O)Nc1ccc([N+](=O)[O-])cc1. The number of carbonyl (C=O) groups is 5. The summed E-state index contributed by atoms with van der Waals surface area (Å²) >= 11 is 0. The Balaban J connectivity index is 2.87. The van der Waals surface area contributed by atoms with Crippen LogP contribution in [0.25, 0.3) is 0 Å². The normalized spacial score (nSPS) is 13.4. The van der Waals surface area contributed by atoms with Crippen molar-refractivity contribution in [1.29, 1.82) is 5.41 Å². The van der Waals surface area contributed by atoms with E-state index < -0.39 is 65.6 Å². The predicted octanol–water partition coefficient (Wildman–Crippen LogP) is -0.879. The summed E-state index contributed by atoms with van der Waals surface area (Å²) in [7, 11) is 0. The molecule has 0 radical (unpaired) electrons. The lowest BCUT2D eigenvalue weighted by Crippen LogP contribution is -2.54. The molecule has 0 aromatic heterocycles. The molecule has 1 aromatic rings. The summed E-state index contributed by atoms with van der Waals surface area (Å²) in [5, 5.41) is 39.5. The molecule has 1 rings (SSSR count). The highest BCUT2D eigenvalue weighted by Crippen LogP contribution is 2.16. The van der Waals surface area contributed by atoms with Crippen LogP contribution in [-0.4, -0.2) is 76.8 Å². The van der Waals surface area contributed by atoms with Crippen LogP contribution in [0.1, 0.15) is 46.0 Å². The molecule has 0 unspecified atom stereocenters. The van der Waals surface area contributed by atoms with Gasteiger partial charge in [-0.2, -0.15) is 0 Å². The van der Waals surface area contributed by atoms with Crippen LogP contribution in [-0.2, 0) is 24.0 Å². The van der Waals surface area contributed by atoms with Crippen LogP contribution in [0.4, 0.5) is 11.4 Å². The fourth-order valence-corrected chi connectivity index (χ4v) is 3.55. The maximum Gasteiger partial charge on any atom is 0.303 e. The monoisotopic (exact) mass is 593 g/mol. The van der Waals surface area contributed by atoms with E-state index in [0.29, 0.717) is 12.8 Å². The number of carboxylic acid groups (broad SMARTS) is 1.